The number of methoxy groups -OCH3 is 1. The highest BCUT2D eigenvalue weighted by Gasteiger charge is 2.37. The van der Waals surface area contributed by atoms with Crippen molar-refractivity contribution >= 4 is 33.2 Å². The van der Waals surface area contributed by atoms with Crippen LogP contribution in [0.1, 0.15) is 66.9 Å². The molecule has 1 saturated carbocycles. The second-order valence-electron chi connectivity index (χ2n) is 12.8. The molecule has 11 heteroatoms. The molecule has 2 N–H and O–H groups in total. The number of ether oxygens (including phenoxy) is 3. The van der Waals surface area contributed by atoms with Crippen LogP contribution in [0.4, 0.5) is 5.69 Å². The number of hydrogen-bond donors (Lipinski definition) is 2. The first-order valence-electron chi connectivity index (χ1n) is 16.4. The molecule has 0 aromatic heterocycles. The van der Waals surface area contributed by atoms with Crippen molar-refractivity contribution in [1.29, 1.82) is 0 Å². The van der Waals surface area contributed by atoms with Crippen molar-refractivity contribution < 1.29 is 32.5 Å². The number of aliphatic hydroxyl groups is 1. The molecular formula is C35H47ClN2O7S. The average Bonchev–Trinajstić information content (AvgIpc) is 3.03. The maximum Gasteiger partial charge on any atom is 0.264 e. The summed E-state index contributed by atoms with van der Waals surface area (Å²) in [4.78, 5) is 15.9. The normalized spacial score (nSPS) is 27.5. The second-order valence-corrected chi connectivity index (χ2v) is 15.2. The Morgan fingerprint density at radius 1 is 1.09 bits per heavy atom. The van der Waals surface area contributed by atoms with Crippen LogP contribution in [-0.4, -0.2) is 70.8 Å². The van der Waals surface area contributed by atoms with E-state index in [9.17, 15) is 18.3 Å². The fraction of sp³-hybridized carbons (Fsp3) is 0.571. The molecule has 0 saturated heterocycles. The van der Waals surface area contributed by atoms with E-state index < -0.39 is 27.3 Å². The number of aliphatic hydroxyl groups excluding tert-OH is 1. The Kier molecular flexibility index (Phi) is 12.1. The molecule has 2 bridgehead atoms. The van der Waals surface area contributed by atoms with Gasteiger partial charge in [0.15, 0.2) is 0 Å². The minimum absolute atomic E-state index is 0.105. The van der Waals surface area contributed by atoms with Crippen LogP contribution in [-0.2, 0) is 32.5 Å². The summed E-state index contributed by atoms with van der Waals surface area (Å²) in [5.41, 5.74) is 3.22. The molecule has 2 heterocycles. The van der Waals surface area contributed by atoms with Gasteiger partial charge in [-0.3, -0.25) is 4.79 Å². The Morgan fingerprint density at radius 3 is 2.72 bits per heavy atom. The van der Waals surface area contributed by atoms with E-state index in [2.05, 4.69) is 9.62 Å². The van der Waals surface area contributed by atoms with E-state index in [1.807, 2.05) is 37.3 Å². The number of hydrogen-bond acceptors (Lipinski definition) is 8. The third-order valence-corrected chi connectivity index (χ3v) is 11.9. The first kappa shape index (κ1) is 34.7. The van der Waals surface area contributed by atoms with Crippen LogP contribution in [0.25, 0.3) is 0 Å². The highest BCUT2D eigenvalue weighted by atomic mass is 35.5. The summed E-state index contributed by atoms with van der Waals surface area (Å²) in [6.45, 7) is 4.61. The lowest BCUT2D eigenvalue weighted by molar-refractivity contribution is 0.0460. The number of benzene rings is 2. The number of nitrogens with zero attached hydrogens (tertiary/aromatic N) is 1. The molecule has 5 rings (SSSR count). The Balaban J connectivity index is 1.49. The van der Waals surface area contributed by atoms with E-state index >= 15 is 0 Å². The summed E-state index contributed by atoms with van der Waals surface area (Å²) >= 11 is 6.32. The Labute approximate surface area is 278 Å². The number of allylic oxidation sites excluding steroid dienone is 1. The zero-order valence-electron chi connectivity index (χ0n) is 26.8. The zero-order chi connectivity index (χ0) is 32.7. The van der Waals surface area contributed by atoms with Crippen LogP contribution >= 0.6 is 11.6 Å². The monoisotopic (exact) mass is 674 g/mol. The van der Waals surface area contributed by atoms with Crippen molar-refractivity contribution in [1.82, 2.24) is 4.72 Å². The van der Waals surface area contributed by atoms with Crippen LogP contribution in [0.5, 0.6) is 5.75 Å². The van der Waals surface area contributed by atoms with Gasteiger partial charge in [-0.15, -0.1) is 0 Å². The maximum absolute atomic E-state index is 13.7. The van der Waals surface area contributed by atoms with Gasteiger partial charge in [0.05, 0.1) is 30.3 Å². The van der Waals surface area contributed by atoms with E-state index in [0.29, 0.717) is 43.6 Å². The second kappa shape index (κ2) is 16.0. The van der Waals surface area contributed by atoms with E-state index in [0.717, 1.165) is 55.5 Å². The predicted octanol–water partition coefficient (Wildman–Crippen LogP) is 5.53. The van der Waals surface area contributed by atoms with E-state index in [4.69, 9.17) is 25.8 Å². The Hall–Kier alpha value is -2.63. The fourth-order valence-corrected chi connectivity index (χ4v) is 8.67. The molecule has 2 aromatic carbocycles. The summed E-state index contributed by atoms with van der Waals surface area (Å²) in [7, 11) is -2.50. The molecule has 2 aliphatic heterocycles. The van der Waals surface area contributed by atoms with E-state index in [-0.39, 0.29) is 36.3 Å². The van der Waals surface area contributed by atoms with Crippen LogP contribution in [0.3, 0.4) is 0 Å². The largest absolute Gasteiger partial charge is 0.487 e. The number of anilines is 1. The van der Waals surface area contributed by atoms with Crippen molar-refractivity contribution in [2.75, 3.05) is 44.9 Å². The molecule has 46 heavy (non-hydrogen) atoms. The van der Waals surface area contributed by atoms with Crippen molar-refractivity contribution in [3.05, 3.63) is 70.3 Å². The lowest BCUT2D eigenvalue weighted by Gasteiger charge is -2.42. The van der Waals surface area contributed by atoms with Gasteiger partial charge in [0.1, 0.15) is 12.4 Å². The minimum atomic E-state index is -4.08. The van der Waals surface area contributed by atoms with Crippen LogP contribution in [0.15, 0.2) is 48.6 Å². The quantitative estimate of drug-likeness (QED) is 0.304. The molecule has 1 fully saturated rings. The minimum Gasteiger partial charge on any atom is -0.487 e. The van der Waals surface area contributed by atoms with E-state index in [1.165, 1.54) is 0 Å². The van der Waals surface area contributed by atoms with Crippen LogP contribution < -0.4 is 14.4 Å². The van der Waals surface area contributed by atoms with Gasteiger partial charge in [-0.05, 0) is 104 Å². The molecule has 5 atom stereocenters. The predicted molar refractivity (Wildman–Crippen MR) is 180 cm³/mol. The number of halogens is 1. The summed E-state index contributed by atoms with van der Waals surface area (Å²) in [5.74, 6) is 0.00911. The van der Waals surface area contributed by atoms with E-state index in [1.54, 1.807) is 25.3 Å². The highest BCUT2D eigenvalue weighted by Crippen LogP contribution is 2.41. The van der Waals surface area contributed by atoms with Gasteiger partial charge >= 0.3 is 0 Å². The van der Waals surface area contributed by atoms with Gasteiger partial charge in [-0.1, -0.05) is 36.7 Å². The molecule has 2 aromatic rings. The van der Waals surface area contributed by atoms with Crippen molar-refractivity contribution in [3.63, 3.8) is 0 Å². The highest BCUT2D eigenvalue weighted by molar-refractivity contribution is 7.90. The number of fused-ring (bicyclic) bond motifs is 3. The summed E-state index contributed by atoms with van der Waals surface area (Å²) in [6.07, 6.45) is 8.42. The number of aryl methyl sites for hydroxylation is 1. The van der Waals surface area contributed by atoms with Gasteiger partial charge in [0.2, 0.25) is 10.0 Å². The molecule has 1 amide bonds. The number of carbonyl (C=O) groups is 1. The number of nitrogens with one attached hydrogen (secondary N) is 1. The van der Waals surface area contributed by atoms with Gasteiger partial charge in [0, 0.05) is 37.4 Å². The van der Waals surface area contributed by atoms with Gasteiger partial charge in [-0.25, -0.2) is 13.1 Å². The molecule has 1 aliphatic carbocycles. The van der Waals surface area contributed by atoms with Crippen molar-refractivity contribution in [2.45, 2.75) is 69.8 Å². The molecule has 252 valence electrons. The summed E-state index contributed by atoms with van der Waals surface area (Å²) in [6, 6.07) is 11.0. The first-order chi connectivity index (χ1) is 22.2. The first-order valence-corrected chi connectivity index (χ1v) is 18.3. The Bertz CT molecular complexity index is 1480. The summed E-state index contributed by atoms with van der Waals surface area (Å²) < 4.78 is 46.9. The van der Waals surface area contributed by atoms with Gasteiger partial charge in [-0.2, -0.15) is 0 Å². The SMILES string of the molecule is COCCOCC[C@H]1[C@@H](C)C/C=C/[C@H](O)[C@@H]2CC[C@H]2CN2CCCCc3cc(Cl)ccc3COc3ccc(cc32)C(=O)NS1(=O)=O. The number of rotatable bonds is 6. The molecule has 0 spiro atoms. The lowest BCUT2D eigenvalue weighted by Crippen LogP contribution is -2.44. The molecular weight excluding hydrogens is 628 g/mol. The third kappa shape index (κ3) is 8.63. The number of carbonyl (C=O) groups excluding carboxylic acids is 1. The Morgan fingerprint density at radius 2 is 1.93 bits per heavy atom. The lowest BCUT2D eigenvalue weighted by atomic mass is 9.70. The topological polar surface area (TPSA) is 114 Å². The number of amides is 1. The van der Waals surface area contributed by atoms with Crippen molar-refractivity contribution in [2.24, 2.45) is 17.8 Å². The number of sulfonamides is 1. The molecule has 0 radical (unpaired) electrons. The zero-order valence-corrected chi connectivity index (χ0v) is 28.4. The maximum atomic E-state index is 13.7. The molecule has 9 nitrogen and oxygen atoms in total. The third-order valence-electron chi connectivity index (χ3n) is 9.70. The van der Waals surface area contributed by atoms with Gasteiger partial charge < -0.3 is 24.2 Å². The van der Waals surface area contributed by atoms with Crippen LogP contribution in [0, 0.1) is 17.8 Å². The smallest absolute Gasteiger partial charge is 0.264 e. The fourth-order valence-electron chi connectivity index (χ4n) is 6.81. The average molecular weight is 675 g/mol. The molecule has 3 aliphatic rings. The molecule has 0 unspecified atom stereocenters. The van der Waals surface area contributed by atoms with Crippen LogP contribution in [0.2, 0.25) is 5.02 Å². The summed E-state index contributed by atoms with van der Waals surface area (Å²) in [5, 5.41) is 11.0. The van der Waals surface area contributed by atoms with Crippen molar-refractivity contribution in [3.8, 4) is 5.75 Å². The van der Waals surface area contributed by atoms with Gasteiger partial charge in [0.25, 0.3) is 5.91 Å². The standard InChI is InChI=1S/C35H47ClN2O7S/c1-24-6-5-8-32(39)30-13-10-27(30)22-38-16-4-3-7-25-20-29(36)12-9-28(25)23-45-33-14-11-26(21-31(33)38)35(40)37-46(41,42)34(24)15-17-44-19-18-43-2/h5,8-9,11-12,14,20-21,24,27,30,32,34,39H,3-4,6-7,10,13,15-19,22-23H2,1-2H3,(H,37,40)/b8-5+/t24-,27-,30+,32-,34-/m0/s1.